The molecule has 0 amide bonds. The normalized spacial score (nSPS) is 15.3. The summed E-state index contributed by atoms with van der Waals surface area (Å²) in [5.74, 6) is 1.01. The summed E-state index contributed by atoms with van der Waals surface area (Å²) in [4.78, 5) is 0.0831. The van der Waals surface area contributed by atoms with Crippen LogP contribution >= 0.6 is 43.5 Å². The van der Waals surface area contributed by atoms with Crippen molar-refractivity contribution in [2.24, 2.45) is 0 Å². The minimum atomic E-state index is 0.0831. The van der Waals surface area contributed by atoms with Gasteiger partial charge in [0.1, 0.15) is 5.75 Å². The average molecular weight is 417 g/mol. The van der Waals surface area contributed by atoms with E-state index in [1.54, 1.807) is 0 Å². The van der Waals surface area contributed by atoms with Gasteiger partial charge in [0.25, 0.3) is 0 Å². The molecule has 2 aromatic carbocycles. The van der Waals surface area contributed by atoms with Gasteiger partial charge in [-0.15, -0.1) is 0 Å². The second-order valence-corrected chi connectivity index (χ2v) is 7.09. The van der Waals surface area contributed by atoms with E-state index in [9.17, 15) is 0 Å². The number of aryl methyl sites for hydroxylation is 1. The number of ether oxygens (including phenoxy) is 1. The first kappa shape index (κ1) is 14.4. The fraction of sp³-hybridized carbons (Fsp3) is 0.250. The lowest BCUT2D eigenvalue weighted by atomic mass is 9.99. The van der Waals surface area contributed by atoms with Gasteiger partial charge in [-0.3, -0.25) is 0 Å². The summed E-state index contributed by atoms with van der Waals surface area (Å²) in [6.07, 6.45) is 2.16. The predicted octanol–water partition coefficient (Wildman–Crippen LogP) is 5.91. The third kappa shape index (κ3) is 2.90. The lowest BCUT2D eigenvalue weighted by Crippen LogP contribution is -2.09. The van der Waals surface area contributed by atoms with Gasteiger partial charge in [0.05, 0.1) is 11.4 Å². The molecule has 104 valence electrons. The topological polar surface area (TPSA) is 9.23 Å². The number of benzene rings is 2. The summed E-state index contributed by atoms with van der Waals surface area (Å²) in [5, 5.41) is 0.768. The molecule has 20 heavy (non-hydrogen) atoms. The van der Waals surface area contributed by atoms with Gasteiger partial charge in [-0.05, 0) is 53.8 Å². The van der Waals surface area contributed by atoms with Crippen LogP contribution in [-0.2, 0) is 6.42 Å². The zero-order valence-corrected chi connectivity index (χ0v) is 14.6. The van der Waals surface area contributed by atoms with E-state index in [0.717, 1.165) is 40.3 Å². The molecule has 4 heteroatoms. The van der Waals surface area contributed by atoms with Crippen molar-refractivity contribution in [3.05, 3.63) is 62.6 Å². The van der Waals surface area contributed by atoms with Crippen LogP contribution in [0.2, 0.25) is 5.02 Å². The van der Waals surface area contributed by atoms with Crippen LogP contribution in [0.15, 0.2) is 40.9 Å². The maximum atomic E-state index is 6.31. The van der Waals surface area contributed by atoms with Crippen molar-refractivity contribution in [1.82, 2.24) is 0 Å². The smallest absolute Gasteiger partial charge is 0.122 e. The Morgan fingerprint density at radius 2 is 2.00 bits per heavy atom. The Labute approximate surface area is 140 Å². The third-order valence-corrected chi connectivity index (χ3v) is 5.32. The first-order valence-corrected chi connectivity index (χ1v) is 8.58. The molecule has 0 N–H and O–H groups in total. The molecule has 0 saturated heterocycles. The standard InChI is InChI=1S/C16H13Br2ClO/c17-12-4-5-14(19)13(9-12)16(18)11-3-6-15-10(8-11)2-1-7-20-15/h3-6,8-9,16H,1-2,7H2. The maximum Gasteiger partial charge on any atom is 0.122 e. The fourth-order valence-corrected chi connectivity index (χ4v) is 3.83. The number of alkyl halides is 1. The van der Waals surface area contributed by atoms with Crippen molar-refractivity contribution in [3.63, 3.8) is 0 Å². The highest BCUT2D eigenvalue weighted by Crippen LogP contribution is 2.38. The van der Waals surface area contributed by atoms with Crippen LogP contribution < -0.4 is 4.74 Å². The van der Waals surface area contributed by atoms with Crippen molar-refractivity contribution in [2.75, 3.05) is 6.61 Å². The highest BCUT2D eigenvalue weighted by molar-refractivity contribution is 9.10. The van der Waals surface area contributed by atoms with E-state index in [1.165, 1.54) is 11.1 Å². The van der Waals surface area contributed by atoms with Crippen molar-refractivity contribution >= 4 is 43.5 Å². The minimum absolute atomic E-state index is 0.0831. The number of hydrogen-bond donors (Lipinski definition) is 0. The Morgan fingerprint density at radius 3 is 2.85 bits per heavy atom. The second kappa shape index (κ2) is 6.08. The van der Waals surface area contributed by atoms with Crippen LogP contribution in [0.1, 0.15) is 27.9 Å². The van der Waals surface area contributed by atoms with Crippen LogP contribution in [0, 0.1) is 0 Å². The van der Waals surface area contributed by atoms with Gasteiger partial charge in [0.2, 0.25) is 0 Å². The van der Waals surface area contributed by atoms with Crippen LogP contribution in [0.25, 0.3) is 0 Å². The zero-order valence-electron chi connectivity index (χ0n) is 10.7. The Morgan fingerprint density at radius 1 is 1.15 bits per heavy atom. The Bertz CT molecular complexity index is 642. The molecule has 1 aliphatic heterocycles. The highest BCUT2D eigenvalue weighted by Gasteiger charge is 2.17. The van der Waals surface area contributed by atoms with E-state index < -0.39 is 0 Å². The zero-order chi connectivity index (χ0) is 14.1. The highest BCUT2D eigenvalue weighted by atomic mass is 79.9. The van der Waals surface area contributed by atoms with Gasteiger partial charge >= 0.3 is 0 Å². The third-order valence-electron chi connectivity index (χ3n) is 3.46. The SMILES string of the molecule is Clc1ccc(Br)cc1C(Br)c1ccc2c(c1)CCCO2. The van der Waals surface area contributed by atoms with Gasteiger partial charge in [0, 0.05) is 9.50 Å². The molecule has 0 aliphatic carbocycles. The summed E-state index contributed by atoms with van der Waals surface area (Å²) < 4.78 is 6.69. The van der Waals surface area contributed by atoms with Crippen LogP contribution in [0.4, 0.5) is 0 Å². The first-order valence-electron chi connectivity index (χ1n) is 6.50. The quantitative estimate of drug-likeness (QED) is 0.553. The first-order chi connectivity index (χ1) is 9.65. The number of hydrogen-bond acceptors (Lipinski definition) is 1. The molecule has 0 fully saturated rings. The molecule has 2 aromatic rings. The van der Waals surface area contributed by atoms with Crippen LogP contribution in [0.5, 0.6) is 5.75 Å². The molecule has 1 atom stereocenters. The molecule has 0 aromatic heterocycles. The second-order valence-electron chi connectivity index (χ2n) is 4.85. The summed E-state index contributed by atoms with van der Waals surface area (Å²) in [6, 6.07) is 12.3. The lowest BCUT2D eigenvalue weighted by Gasteiger charge is -2.20. The minimum Gasteiger partial charge on any atom is -0.493 e. The van der Waals surface area contributed by atoms with Crippen molar-refractivity contribution in [1.29, 1.82) is 0 Å². The molecule has 1 unspecified atom stereocenters. The molecule has 1 aliphatic rings. The van der Waals surface area contributed by atoms with E-state index >= 15 is 0 Å². The van der Waals surface area contributed by atoms with Crippen molar-refractivity contribution < 1.29 is 4.74 Å². The van der Waals surface area contributed by atoms with Gasteiger partial charge in [-0.2, -0.15) is 0 Å². The number of fused-ring (bicyclic) bond motifs is 1. The maximum absolute atomic E-state index is 6.31. The van der Waals surface area contributed by atoms with Crippen LogP contribution in [-0.4, -0.2) is 6.61 Å². The summed E-state index contributed by atoms with van der Waals surface area (Å²) in [6.45, 7) is 0.821. The molecular weight excluding hydrogens is 403 g/mol. The van der Waals surface area contributed by atoms with Crippen LogP contribution in [0.3, 0.4) is 0 Å². The molecule has 0 spiro atoms. The summed E-state index contributed by atoms with van der Waals surface area (Å²) >= 11 is 13.6. The number of rotatable bonds is 2. The summed E-state index contributed by atoms with van der Waals surface area (Å²) in [7, 11) is 0. The van der Waals surface area contributed by atoms with Gasteiger partial charge in [-0.1, -0.05) is 55.6 Å². The van der Waals surface area contributed by atoms with Crippen molar-refractivity contribution in [2.45, 2.75) is 17.7 Å². The number of halogens is 3. The average Bonchev–Trinajstić information content (AvgIpc) is 2.48. The van der Waals surface area contributed by atoms with E-state index in [2.05, 4.69) is 56.1 Å². The molecule has 1 nitrogen and oxygen atoms in total. The lowest BCUT2D eigenvalue weighted by molar-refractivity contribution is 0.288. The fourth-order valence-electron chi connectivity index (χ4n) is 2.43. The molecule has 0 bridgehead atoms. The van der Waals surface area contributed by atoms with E-state index in [1.807, 2.05) is 12.1 Å². The molecule has 0 radical (unpaired) electrons. The van der Waals surface area contributed by atoms with E-state index in [-0.39, 0.29) is 4.83 Å². The van der Waals surface area contributed by atoms with Gasteiger partial charge in [-0.25, -0.2) is 0 Å². The molecule has 0 saturated carbocycles. The largest absolute Gasteiger partial charge is 0.493 e. The Balaban J connectivity index is 1.97. The molecule has 1 heterocycles. The van der Waals surface area contributed by atoms with Crippen molar-refractivity contribution in [3.8, 4) is 5.75 Å². The monoisotopic (exact) mass is 414 g/mol. The predicted molar refractivity (Wildman–Crippen MR) is 90.2 cm³/mol. The van der Waals surface area contributed by atoms with Gasteiger partial charge < -0.3 is 4.74 Å². The van der Waals surface area contributed by atoms with E-state index in [4.69, 9.17) is 16.3 Å². The molecular formula is C16H13Br2ClO. The van der Waals surface area contributed by atoms with Gasteiger partial charge in [0.15, 0.2) is 0 Å². The van der Waals surface area contributed by atoms with E-state index in [0.29, 0.717) is 0 Å². The molecule has 3 rings (SSSR count). The summed E-state index contributed by atoms with van der Waals surface area (Å²) in [5.41, 5.74) is 3.55. The Kier molecular flexibility index (Phi) is 4.39. The Hall–Kier alpha value is -0.510.